The molecule has 2 heteroatoms. The first-order valence-corrected chi connectivity index (χ1v) is 6.73. The first kappa shape index (κ1) is 12.4. The van der Waals surface area contributed by atoms with Crippen LogP contribution in [0.1, 0.15) is 29.0 Å². The van der Waals surface area contributed by atoms with Crippen molar-refractivity contribution in [2.24, 2.45) is 0 Å². The molecule has 1 aliphatic rings. The maximum Gasteiger partial charge on any atom is 0.126 e. The van der Waals surface area contributed by atoms with Crippen LogP contribution >= 0.6 is 0 Å². The van der Waals surface area contributed by atoms with Crippen LogP contribution in [0.15, 0.2) is 48.5 Å². The van der Waals surface area contributed by atoms with E-state index in [1.807, 2.05) is 18.2 Å². The zero-order valence-corrected chi connectivity index (χ0v) is 10.7. The smallest absolute Gasteiger partial charge is 0.126 e. The summed E-state index contributed by atoms with van der Waals surface area (Å²) in [6.45, 7) is 0. The van der Waals surface area contributed by atoms with E-state index in [4.69, 9.17) is 0 Å². The fourth-order valence-corrected chi connectivity index (χ4v) is 2.90. The molecule has 1 N–H and O–H groups in total. The zero-order valence-electron chi connectivity index (χ0n) is 10.7. The van der Waals surface area contributed by atoms with E-state index < -0.39 is 6.10 Å². The van der Waals surface area contributed by atoms with E-state index >= 15 is 0 Å². The molecule has 0 saturated carbocycles. The molecule has 3 rings (SSSR count). The van der Waals surface area contributed by atoms with Gasteiger partial charge in [0.25, 0.3) is 0 Å². The Balaban J connectivity index is 1.62. The fourth-order valence-electron chi connectivity index (χ4n) is 2.90. The molecule has 0 aromatic heterocycles. The van der Waals surface area contributed by atoms with Crippen molar-refractivity contribution in [1.82, 2.24) is 0 Å². The van der Waals surface area contributed by atoms with Crippen LogP contribution in [-0.4, -0.2) is 11.2 Å². The Hall–Kier alpha value is -1.67. The Morgan fingerprint density at radius 1 is 1.11 bits per heavy atom. The van der Waals surface area contributed by atoms with E-state index in [0.717, 1.165) is 6.42 Å². The van der Waals surface area contributed by atoms with E-state index in [9.17, 15) is 9.50 Å². The summed E-state index contributed by atoms with van der Waals surface area (Å²) in [6, 6.07) is 15.0. The third kappa shape index (κ3) is 2.54. The molecule has 0 spiro atoms. The van der Waals surface area contributed by atoms with Gasteiger partial charge in [-0.2, -0.15) is 0 Å². The average molecular weight is 256 g/mol. The average Bonchev–Trinajstić information content (AvgIpc) is 2.39. The second-order valence-corrected chi connectivity index (χ2v) is 5.28. The van der Waals surface area contributed by atoms with Gasteiger partial charge in [0.2, 0.25) is 0 Å². The van der Waals surface area contributed by atoms with Gasteiger partial charge >= 0.3 is 0 Å². The Kier molecular flexibility index (Phi) is 3.34. The van der Waals surface area contributed by atoms with Crippen molar-refractivity contribution in [3.05, 3.63) is 71.0 Å². The van der Waals surface area contributed by atoms with Crippen LogP contribution < -0.4 is 0 Å². The molecule has 0 bridgehead atoms. The largest absolute Gasteiger partial charge is 0.393 e. The number of fused-ring (bicyclic) bond motifs is 1. The van der Waals surface area contributed by atoms with Crippen LogP contribution in [-0.2, 0) is 12.8 Å². The summed E-state index contributed by atoms with van der Waals surface area (Å²) in [7, 11) is 0. The molecule has 0 saturated heterocycles. The predicted octanol–water partition coefficient (Wildman–Crippen LogP) is 3.46. The van der Waals surface area contributed by atoms with Crippen molar-refractivity contribution in [1.29, 1.82) is 0 Å². The van der Waals surface area contributed by atoms with Gasteiger partial charge in [0, 0.05) is 6.42 Å². The molecule has 2 aromatic carbocycles. The zero-order chi connectivity index (χ0) is 13.2. The third-order valence-corrected chi connectivity index (χ3v) is 3.93. The first-order valence-electron chi connectivity index (χ1n) is 6.73. The standard InChI is InChI=1S/C17H17FO/c18-17-8-4-2-6-13(17)10-15(19)11-14-9-12-5-1-3-7-16(12)14/h1-8,14-15,19H,9-11H2. The molecular weight excluding hydrogens is 239 g/mol. The number of benzene rings is 2. The normalized spacial score (nSPS) is 18.5. The number of aliphatic hydroxyl groups is 1. The van der Waals surface area contributed by atoms with Crippen molar-refractivity contribution >= 4 is 0 Å². The highest BCUT2D eigenvalue weighted by Gasteiger charge is 2.27. The number of rotatable bonds is 4. The molecule has 98 valence electrons. The summed E-state index contributed by atoms with van der Waals surface area (Å²) < 4.78 is 13.5. The van der Waals surface area contributed by atoms with Crippen molar-refractivity contribution in [3.63, 3.8) is 0 Å². The summed E-state index contributed by atoms with van der Waals surface area (Å²) in [5.41, 5.74) is 3.32. The van der Waals surface area contributed by atoms with E-state index in [1.165, 1.54) is 17.2 Å². The van der Waals surface area contributed by atoms with Crippen molar-refractivity contribution in [2.45, 2.75) is 31.3 Å². The second kappa shape index (κ2) is 5.14. The Bertz CT molecular complexity index is 579. The maximum absolute atomic E-state index is 13.5. The molecule has 0 heterocycles. The maximum atomic E-state index is 13.5. The van der Waals surface area contributed by atoms with Crippen LogP contribution in [0.2, 0.25) is 0 Å². The Morgan fingerprint density at radius 3 is 2.63 bits per heavy atom. The second-order valence-electron chi connectivity index (χ2n) is 5.28. The van der Waals surface area contributed by atoms with Gasteiger partial charge in [-0.05, 0) is 41.5 Å². The number of aliphatic hydroxyl groups excluding tert-OH is 1. The van der Waals surface area contributed by atoms with Gasteiger partial charge in [0.1, 0.15) is 5.82 Å². The predicted molar refractivity (Wildman–Crippen MR) is 73.6 cm³/mol. The fraction of sp³-hybridized carbons (Fsp3) is 0.294. The lowest BCUT2D eigenvalue weighted by Gasteiger charge is -2.31. The van der Waals surface area contributed by atoms with Crippen molar-refractivity contribution in [2.75, 3.05) is 0 Å². The Labute approximate surface area is 112 Å². The summed E-state index contributed by atoms with van der Waals surface area (Å²) in [5.74, 6) is 0.202. The molecule has 0 amide bonds. The van der Waals surface area contributed by atoms with Crippen molar-refractivity contribution < 1.29 is 9.50 Å². The molecule has 1 nitrogen and oxygen atoms in total. The van der Waals surface area contributed by atoms with E-state index in [-0.39, 0.29) is 5.82 Å². The minimum atomic E-state index is -0.477. The topological polar surface area (TPSA) is 20.2 Å². The third-order valence-electron chi connectivity index (χ3n) is 3.93. The Morgan fingerprint density at radius 2 is 1.84 bits per heavy atom. The molecule has 0 fully saturated rings. The molecule has 0 radical (unpaired) electrons. The summed E-state index contributed by atoms with van der Waals surface area (Å²) in [6.07, 6.45) is 1.66. The van der Waals surface area contributed by atoms with Gasteiger partial charge in [0.15, 0.2) is 0 Å². The van der Waals surface area contributed by atoms with Gasteiger partial charge in [-0.3, -0.25) is 0 Å². The van der Waals surface area contributed by atoms with Crippen LogP contribution in [0.3, 0.4) is 0 Å². The van der Waals surface area contributed by atoms with Gasteiger partial charge < -0.3 is 5.11 Å². The van der Waals surface area contributed by atoms with Gasteiger partial charge in [-0.15, -0.1) is 0 Å². The lowest BCUT2D eigenvalue weighted by molar-refractivity contribution is 0.150. The monoisotopic (exact) mass is 256 g/mol. The highest BCUT2D eigenvalue weighted by atomic mass is 19.1. The number of halogens is 1. The van der Waals surface area contributed by atoms with Crippen LogP contribution in [0, 0.1) is 5.82 Å². The molecular formula is C17H17FO. The molecule has 1 aliphatic carbocycles. The SMILES string of the molecule is OC(Cc1ccccc1F)CC1Cc2ccccc21. The highest BCUT2D eigenvalue weighted by Crippen LogP contribution is 2.38. The molecule has 2 unspecified atom stereocenters. The van der Waals surface area contributed by atoms with Crippen LogP contribution in [0.25, 0.3) is 0 Å². The van der Waals surface area contributed by atoms with E-state index in [2.05, 4.69) is 12.1 Å². The number of hydrogen-bond donors (Lipinski definition) is 1. The van der Waals surface area contributed by atoms with Crippen LogP contribution in [0.4, 0.5) is 4.39 Å². The van der Waals surface area contributed by atoms with E-state index in [1.54, 1.807) is 12.1 Å². The quantitative estimate of drug-likeness (QED) is 0.888. The first-order chi connectivity index (χ1) is 9.24. The molecule has 2 atom stereocenters. The summed E-state index contributed by atoms with van der Waals surface area (Å²) in [5, 5.41) is 10.1. The number of hydrogen-bond acceptors (Lipinski definition) is 1. The van der Waals surface area contributed by atoms with Gasteiger partial charge in [-0.25, -0.2) is 4.39 Å². The lowest BCUT2D eigenvalue weighted by atomic mass is 9.74. The summed E-state index contributed by atoms with van der Waals surface area (Å²) >= 11 is 0. The minimum absolute atomic E-state index is 0.226. The molecule has 2 aromatic rings. The van der Waals surface area contributed by atoms with Crippen molar-refractivity contribution in [3.8, 4) is 0 Å². The van der Waals surface area contributed by atoms with E-state index in [0.29, 0.717) is 24.3 Å². The highest BCUT2D eigenvalue weighted by molar-refractivity contribution is 5.39. The minimum Gasteiger partial charge on any atom is -0.393 e. The summed E-state index contributed by atoms with van der Waals surface area (Å²) in [4.78, 5) is 0. The lowest BCUT2D eigenvalue weighted by Crippen LogP contribution is -2.23. The molecule has 19 heavy (non-hydrogen) atoms. The van der Waals surface area contributed by atoms with Gasteiger partial charge in [-0.1, -0.05) is 42.5 Å². The van der Waals surface area contributed by atoms with Crippen LogP contribution in [0.5, 0.6) is 0 Å². The molecule has 0 aliphatic heterocycles. The van der Waals surface area contributed by atoms with Gasteiger partial charge in [0.05, 0.1) is 6.10 Å².